The molecule has 3 rings (SSSR count). The van der Waals surface area contributed by atoms with Crippen LogP contribution < -0.4 is 5.32 Å². The first-order valence-corrected chi connectivity index (χ1v) is 13.5. The Bertz CT molecular complexity index is 1180. The van der Waals surface area contributed by atoms with E-state index in [4.69, 9.17) is 9.79 Å². The molecule has 34 heavy (non-hydrogen) atoms. The molecule has 0 radical (unpaired) electrons. The third-order valence-corrected chi connectivity index (χ3v) is 8.41. The van der Waals surface area contributed by atoms with Crippen LogP contribution in [0.5, 0.6) is 0 Å². The van der Waals surface area contributed by atoms with E-state index in [1.807, 2.05) is 0 Å². The largest absolute Gasteiger partial charge is 0.400 e. The first kappa shape index (κ1) is 28.5. The van der Waals surface area contributed by atoms with Gasteiger partial charge in [-0.05, 0) is 78.0 Å². The van der Waals surface area contributed by atoms with Crippen LogP contribution in [-0.4, -0.2) is 40.2 Å². The topological polar surface area (TPSA) is 89.9 Å². The first-order chi connectivity index (χ1) is 15.8. The van der Waals surface area contributed by atoms with E-state index in [0.29, 0.717) is 16.0 Å². The predicted octanol–water partition coefficient (Wildman–Crippen LogP) is 6.63. The van der Waals surface area contributed by atoms with Crippen LogP contribution in [0.4, 0.5) is 18.9 Å². The fourth-order valence-corrected chi connectivity index (χ4v) is 5.87. The number of nitrogens with zero attached hydrogens (tertiary/aromatic N) is 1. The van der Waals surface area contributed by atoms with E-state index < -0.39 is 29.9 Å². The van der Waals surface area contributed by atoms with Gasteiger partial charge < -0.3 is 20.0 Å². The molecule has 0 aliphatic heterocycles. The van der Waals surface area contributed by atoms with Gasteiger partial charge in [-0.1, -0.05) is 20.8 Å². The van der Waals surface area contributed by atoms with Crippen LogP contribution in [0, 0.1) is 5.82 Å². The van der Waals surface area contributed by atoms with Crippen molar-refractivity contribution in [3.05, 3.63) is 63.2 Å². The molecule has 12 heteroatoms. The lowest BCUT2D eigenvalue weighted by Crippen LogP contribution is -2.21. The highest BCUT2D eigenvalue weighted by Gasteiger charge is 2.53. The molecule has 3 aromatic rings. The zero-order valence-electron chi connectivity index (χ0n) is 18.7. The highest BCUT2D eigenvalue weighted by molar-refractivity contribution is 9.10. The summed E-state index contributed by atoms with van der Waals surface area (Å²) in [6.07, 6.45) is 0. The summed E-state index contributed by atoms with van der Waals surface area (Å²) in [6.45, 7) is 10.1. The summed E-state index contributed by atoms with van der Waals surface area (Å²) in [5.74, 6) is -1.02. The lowest BCUT2D eigenvalue weighted by Gasteiger charge is -2.16. The number of carbonyl (C=O) groups excluding carboxylic acids is 1. The van der Waals surface area contributed by atoms with Crippen LogP contribution >= 0.6 is 34.9 Å². The highest BCUT2D eigenvalue weighted by atomic mass is 79.9. The van der Waals surface area contributed by atoms with Crippen LogP contribution in [0.15, 0.2) is 46.9 Å². The van der Waals surface area contributed by atoms with Crippen molar-refractivity contribution in [2.75, 3.05) is 25.0 Å². The Hall–Kier alpha value is -1.75. The summed E-state index contributed by atoms with van der Waals surface area (Å²) in [4.78, 5) is 31.6. The van der Waals surface area contributed by atoms with E-state index in [1.165, 1.54) is 50.0 Å². The molecular formula is C22H25BrF3N2O4PS. The van der Waals surface area contributed by atoms with Gasteiger partial charge in [-0.2, -0.15) is 8.78 Å². The standard InChI is InChI=1S/C16H10BrF3NO4PS.C6H15N/c17-13-11-7-10(21-15(22)8-1-3-9(18)4-2-8)5-6-12(11)27-14(13)16(19,20)26(23,24)25;1-4-7(5-2)6-3/h1-7H,(H,21,22)(H2,23,24,25);4-6H2,1-3H3. The maximum Gasteiger partial charge on any atom is 0.400 e. The van der Waals surface area contributed by atoms with Crippen LogP contribution in [0.3, 0.4) is 0 Å². The summed E-state index contributed by atoms with van der Waals surface area (Å²) in [6, 6.07) is 9.16. The summed E-state index contributed by atoms with van der Waals surface area (Å²) < 4.78 is 52.3. The summed E-state index contributed by atoms with van der Waals surface area (Å²) in [5, 5.41) is 2.82. The van der Waals surface area contributed by atoms with Crippen molar-refractivity contribution in [2.45, 2.75) is 26.4 Å². The van der Waals surface area contributed by atoms with Gasteiger partial charge in [0.05, 0.1) is 0 Å². The zero-order chi connectivity index (χ0) is 25.7. The monoisotopic (exact) mass is 580 g/mol. The van der Waals surface area contributed by atoms with Crippen LogP contribution in [-0.2, 0) is 10.2 Å². The Morgan fingerprint density at radius 1 is 1.09 bits per heavy atom. The van der Waals surface area contributed by atoms with Crippen molar-refractivity contribution in [3.63, 3.8) is 0 Å². The van der Waals surface area contributed by atoms with Crippen molar-refractivity contribution >= 4 is 56.5 Å². The molecule has 186 valence electrons. The van der Waals surface area contributed by atoms with Crippen LogP contribution in [0.2, 0.25) is 0 Å². The highest BCUT2D eigenvalue weighted by Crippen LogP contribution is 2.62. The number of nitrogens with one attached hydrogen (secondary N) is 1. The molecule has 3 N–H and O–H groups in total. The lowest BCUT2D eigenvalue weighted by molar-refractivity contribution is 0.0595. The third kappa shape index (κ3) is 6.68. The van der Waals surface area contributed by atoms with Crippen molar-refractivity contribution in [1.82, 2.24) is 4.90 Å². The number of fused-ring (bicyclic) bond motifs is 1. The van der Waals surface area contributed by atoms with Gasteiger partial charge in [0.2, 0.25) is 0 Å². The van der Waals surface area contributed by atoms with E-state index in [-0.39, 0.29) is 21.1 Å². The summed E-state index contributed by atoms with van der Waals surface area (Å²) in [5.41, 5.74) is -3.86. The molecule has 1 aromatic heterocycles. The second-order valence-electron chi connectivity index (χ2n) is 7.12. The van der Waals surface area contributed by atoms with Gasteiger partial charge in [-0.15, -0.1) is 11.3 Å². The predicted molar refractivity (Wildman–Crippen MR) is 133 cm³/mol. The van der Waals surface area contributed by atoms with Gasteiger partial charge in [0, 0.05) is 25.8 Å². The normalized spacial score (nSPS) is 11.9. The molecule has 0 saturated heterocycles. The Balaban J connectivity index is 0.000000509. The number of anilines is 1. The van der Waals surface area contributed by atoms with Crippen molar-refractivity contribution in [1.29, 1.82) is 0 Å². The van der Waals surface area contributed by atoms with E-state index in [0.717, 1.165) is 12.1 Å². The number of rotatable bonds is 7. The second kappa shape index (κ2) is 11.8. The molecule has 1 amide bonds. The molecule has 0 fully saturated rings. The van der Waals surface area contributed by atoms with Gasteiger partial charge in [0.25, 0.3) is 5.91 Å². The molecule has 0 unspecified atom stereocenters. The number of amides is 1. The number of thiophene rings is 1. The quantitative estimate of drug-likeness (QED) is 0.273. The minimum absolute atomic E-state index is 0.159. The molecule has 0 aliphatic rings. The molecular weight excluding hydrogens is 556 g/mol. The number of halogens is 4. The Kier molecular flexibility index (Phi) is 9.88. The fraction of sp³-hybridized carbons (Fsp3) is 0.318. The van der Waals surface area contributed by atoms with Gasteiger partial charge >= 0.3 is 13.3 Å². The van der Waals surface area contributed by atoms with Gasteiger partial charge in [0.15, 0.2) is 0 Å². The van der Waals surface area contributed by atoms with Crippen molar-refractivity contribution < 1.29 is 32.3 Å². The molecule has 1 heterocycles. The number of hydrogen-bond donors (Lipinski definition) is 3. The van der Waals surface area contributed by atoms with Crippen molar-refractivity contribution in [3.8, 4) is 0 Å². The summed E-state index contributed by atoms with van der Waals surface area (Å²) >= 11 is 3.51. The molecule has 6 nitrogen and oxygen atoms in total. The number of hydrogen-bond acceptors (Lipinski definition) is 4. The maximum atomic E-state index is 14.0. The number of alkyl halides is 2. The molecule has 2 aromatic carbocycles. The van der Waals surface area contributed by atoms with Gasteiger partial charge in [-0.3, -0.25) is 9.36 Å². The van der Waals surface area contributed by atoms with Gasteiger partial charge in [0.1, 0.15) is 10.7 Å². The average molecular weight is 581 g/mol. The Morgan fingerprint density at radius 3 is 2.12 bits per heavy atom. The number of benzene rings is 2. The van der Waals surface area contributed by atoms with E-state index in [9.17, 15) is 22.5 Å². The van der Waals surface area contributed by atoms with Crippen LogP contribution in [0.25, 0.3) is 10.1 Å². The molecule has 0 atom stereocenters. The smallest absolute Gasteiger partial charge is 0.322 e. The van der Waals surface area contributed by atoms with E-state index in [1.54, 1.807) is 0 Å². The SMILES string of the molecule is CCN(CC)CC.O=C(Nc1ccc2sc(C(F)(F)P(=O)(O)O)c(Br)c2c1)c1ccc(F)cc1. The zero-order valence-corrected chi connectivity index (χ0v) is 22.0. The average Bonchev–Trinajstić information content (AvgIpc) is 3.12. The molecule has 0 aliphatic carbocycles. The minimum Gasteiger partial charge on any atom is -0.322 e. The first-order valence-electron chi connectivity index (χ1n) is 10.3. The lowest BCUT2D eigenvalue weighted by atomic mass is 10.2. The maximum absolute atomic E-state index is 14.0. The molecule has 0 spiro atoms. The van der Waals surface area contributed by atoms with Gasteiger partial charge in [-0.25, -0.2) is 4.39 Å². The van der Waals surface area contributed by atoms with Crippen LogP contribution in [0.1, 0.15) is 36.0 Å². The number of carbonyl (C=O) groups is 1. The molecule has 0 bridgehead atoms. The summed E-state index contributed by atoms with van der Waals surface area (Å²) in [7, 11) is -5.70. The van der Waals surface area contributed by atoms with E-state index in [2.05, 4.69) is 46.9 Å². The fourth-order valence-electron chi connectivity index (χ4n) is 2.95. The third-order valence-electron chi connectivity index (χ3n) is 4.97. The Labute approximate surface area is 208 Å². The minimum atomic E-state index is -5.70. The van der Waals surface area contributed by atoms with Crippen molar-refractivity contribution in [2.24, 2.45) is 0 Å². The van der Waals surface area contributed by atoms with E-state index >= 15 is 0 Å². The molecule has 0 saturated carbocycles. The Morgan fingerprint density at radius 2 is 1.65 bits per heavy atom. The second-order valence-corrected chi connectivity index (χ2v) is 10.6.